The maximum absolute atomic E-state index is 5.93. The van der Waals surface area contributed by atoms with Crippen LogP contribution in [0, 0.1) is 19.8 Å². The molecule has 0 bridgehead atoms. The van der Waals surface area contributed by atoms with Crippen molar-refractivity contribution in [3.63, 3.8) is 0 Å². The molecule has 1 aliphatic rings. The van der Waals surface area contributed by atoms with Crippen LogP contribution in [0.4, 0.5) is 0 Å². The fraction of sp³-hybridized carbons (Fsp3) is 0.688. The molecule has 0 aromatic carbocycles. The summed E-state index contributed by atoms with van der Waals surface area (Å²) in [5, 5.41) is 3.45. The van der Waals surface area contributed by atoms with Gasteiger partial charge in [-0.1, -0.05) is 26.7 Å². The van der Waals surface area contributed by atoms with Crippen LogP contribution in [0.25, 0.3) is 0 Å². The minimum Gasteiger partial charge on any atom is -0.477 e. The van der Waals surface area contributed by atoms with Crippen molar-refractivity contribution in [2.75, 3.05) is 6.61 Å². The van der Waals surface area contributed by atoms with Crippen molar-refractivity contribution in [3.8, 4) is 5.88 Å². The smallest absolute Gasteiger partial charge is 0.218 e. The van der Waals surface area contributed by atoms with Crippen LogP contribution >= 0.6 is 0 Å². The SMILES string of the molecule is Cc1cc(C)c(CNC(C)C)c(OCCC2CC2)n1. The number of ether oxygens (including phenoxy) is 1. The molecule has 1 fully saturated rings. The summed E-state index contributed by atoms with van der Waals surface area (Å²) >= 11 is 0. The van der Waals surface area contributed by atoms with Gasteiger partial charge in [-0.15, -0.1) is 0 Å². The molecule has 3 heteroatoms. The van der Waals surface area contributed by atoms with Crippen LogP contribution in [0.3, 0.4) is 0 Å². The molecule has 2 rings (SSSR count). The van der Waals surface area contributed by atoms with Gasteiger partial charge in [-0.25, -0.2) is 4.98 Å². The van der Waals surface area contributed by atoms with E-state index < -0.39 is 0 Å². The molecular weight excluding hydrogens is 236 g/mol. The van der Waals surface area contributed by atoms with Crippen molar-refractivity contribution in [3.05, 3.63) is 22.9 Å². The summed E-state index contributed by atoms with van der Waals surface area (Å²) in [6.07, 6.45) is 3.93. The Balaban J connectivity index is 2.03. The number of rotatable bonds is 7. The van der Waals surface area contributed by atoms with Crippen LogP contribution in [0.2, 0.25) is 0 Å². The predicted octanol–water partition coefficient (Wildman–Crippen LogP) is 3.38. The summed E-state index contributed by atoms with van der Waals surface area (Å²) in [4.78, 5) is 4.57. The van der Waals surface area contributed by atoms with Gasteiger partial charge in [0, 0.05) is 23.8 Å². The molecule has 1 saturated carbocycles. The summed E-state index contributed by atoms with van der Waals surface area (Å²) in [6, 6.07) is 2.60. The number of hydrogen-bond acceptors (Lipinski definition) is 3. The summed E-state index contributed by atoms with van der Waals surface area (Å²) in [5.41, 5.74) is 3.50. The largest absolute Gasteiger partial charge is 0.477 e. The van der Waals surface area contributed by atoms with E-state index >= 15 is 0 Å². The molecule has 0 saturated heterocycles. The lowest BCUT2D eigenvalue weighted by Crippen LogP contribution is -2.23. The Kier molecular flexibility index (Phi) is 4.81. The van der Waals surface area contributed by atoms with Crippen molar-refractivity contribution < 1.29 is 4.74 Å². The van der Waals surface area contributed by atoms with Crippen molar-refractivity contribution >= 4 is 0 Å². The van der Waals surface area contributed by atoms with E-state index in [2.05, 4.69) is 37.1 Å². The number of nitrogens with zero attached hydrogens (tertiary/aromatic N) is 1. The second-order valence-electron chi connectivity index (χ2n) is 5.98. The van der Waals surface area contributed by atoms with Crippen LogP contribution in [0.5, 0.6) is 5.88 Å². The third-order valence-electron chi connectivity index (χ3n) is 3.59. The number of aromatic nitrogens is 1. The minimum absolute atomic E-state index is 0.472. The lowest BCUT2D eigenvalue weighted by Gasteiger charge is -2.16. The van der Waals surface area contributed by atoms with Gasteiger partial charge in [0.1, 0.15) is 0 Å². The highest BCUT2D eigenvalue weighted by Crippen LogP contribution is 2.32. The molecule has 0 amide bonds. The molecule has 0 unspecified atom stereocenters. The fourth-order valence-electron chi connectivity index (χ4n) is 2.20. The van der Waals surface area contributed by atoms with Gasteiger partial charge in [0.05, 0.1) is 6.61 Å². The minimum atomic E-state index is 0.472. The normalized spacial score (nSPS) is 15.0. The molecular formula is C16H26N2O. The van der Waals surface area contributed by atoms with Gasteiger partial charge < -0.3 is 10.1 Å². The molecule has 1 heterocycles. The number of nitrogens with one attached hydrogen (secondary N) is 1. The average molecular weight is 262 g/mol. The second kappa shape index (κ2) is 6.38. The van der Waals surface area contributed by atoms with Gasteiger partial charge in [-0.05, 0) is 37.8 Å². The molecule has 0 aliphatic heterocycles. The highest BCUT2D eigenvalue weighted by atomic mass is 16.5. The standard InChI is InChI=1S/C16H26N2O/c1-11(2)17-10-15-12(3)9-13(4)18-16(15)19-8-7-14-5-6-14/h9,11,14,17H,5-8,10H2,1-4H3. The summed E-state index contributed by atoms with van der Waals surface area (Å²) in [6.45, 7) is 10.1. The Morgan fingerprint density at radius 1 is 1.37 bits per heavy atom. The number of hydrogen-bond donors (Lipinski definition) is 1. The van der Waals surface area contributed by atoms with E-state index in [-0.39, 0.29) is 0 Å². The van der Waals surface area contributed by atoms with Gasteiger partial charge in [-0.2, -0.15) is 0 Å². The molecule has 3 nitrogen and oxygen atoms in total. The molecule has 1 N–H and O–H groups in total. The summed E-state index contributed by atoms with van der Waals surface area (Å²) in [7, 11) is 0. The Morgan fingerprint density at radius 2 is 2.11 bits per heavy atom. The van der Waals surface area contributed by atoms with Gasteiger partial charge in [0.2, 0.25) is 5.88 Å². The molecule has 1 aromatic rings. The van der Waals surface area contributed by atoms with E-state index in [1.807, 2.05) is 6.92 Å². The van der Waals surface area contributed by atoms with E-state index in [0.29, 0.717) is 6.04 Å². The zero-order chi connectivity index (χ0) is 13.8. The van der Waals surface area contributed by atoms with E-state index in [0.717, 1.165) is 30.6 Å². The molecule has 1 aliphatic carbocycles. The molecule has 0 radical (unpaired) electrons. The molecule has 0 spiro atoms. The lowest BCUT2D eigenvalue weighted by atomic mass is 10.1. The van der Waals surface area contributed by atoms with E-state index in [1.165, 1.54) is 30.4 Å². The molecule has 106 valence electrons. The third-order valence-corrected chi connectivity index (χ3v) is 3.59. The lowest BCUT2D eigenvalue weighted by molar-refractivity contribution is 0.286. The first-order chi connectivity index (χ1) is 9.06. The summed E-state index contributed by atoms with van der Waals surface area (Å²) in [5.74, 6) is 1.73. The van der Waals surface area contributed by atoms with E-state index in [1.54, 1.807) is 0 Å². The van der Waals surface area contributed by atoms with Gasteiger partial charge in [0.15, 0.2) is 0 Å². The zero-order valence-electron chi connectivity index (χ0n) is 12.6. The Morgan fingerprint density at radius 3 is 2.74 bits per heavy atom. The quantitative estimate of drug-likeness (QED) is 0.818. The molecule has 19 heavy (non-hydrogen) atoms. The van der Waals surface area contributed by atoms with Crippen LogP contribution in [0.1, 0.15) is 49.9 Å². The first kappa shape index (κ1) is 14.3. The monoisotopic (exact) mass is 262 g/mol. The average Bonchev–Trinajstić information content (AvgIpc) is 3.11. The zero-order valence-corrected chi connectivity index (χ0v) is 12.6. The number of pyridine rings is 1. The van der Waals surface area contributed by atoms with Gasteiger partial charge in [0.25, 0.3) is 0 Å². The molecule has 1 aromatic heterocycles. The van der Waals surface area contributed by atoms with Crippen LogP contribution in [-0.2, 0) is 6.54 Å². The Labute approximate surface area is 116 Å². The molecule has 0 atom stereocenters. The predicted molar refractivity (Wildman–Crippen MR) is 78.5 cm³/mol. The van der Waals surface area contributed by atoms with Crippen molar-refractivity contribution in [1.82, 2.24) is 10.3 Å². The van der Waals surface area contributed by atoms with Gasteiger partial charge >= 0.3 is 0 Å². The number of aryl methyl sites for hydroxylation is 2. The van der Waals surface area contributed by atoms with Crippen LogP contribution in [-0.4, -0.2) is 17.6 Å². The van der Waals surface area contributed by atoms with Crippen LogP contribution < -0.4 is 10.1 Å². The first-order valence-corrected chi connectivity index (χ1v) is 7.39. The topological polar surface area (TPSA) is 34.1 Å². The van der Waals surface area contributed by atoms with Crippen molar-refractivity contribution in [2.24, 2.45) is 5.92 Å². The Hall–Kier alpha value is -1.09. The first-order valence-electron chi connectivity index (χ1n) is 7.39. The highest BCUT2D eigenvalue weighted by molar-refractivity contribution is 5.35. The van der Waals surface area contributed by atoms with Crippen molar-refractivity contribution in [1.29, 1.82) is 0 Å². The maximum Gasteiger partial charge on any atom is 0.218 e. The van der Waals surface area contributed by atoms with Gasteiger partial charge in [-0.3, -0.25) is 0 Å². The van der Waals surface area contributed by atoms with Crippen LogP contribution in [0.15, 0.2) is 6.07 Å². The fourth-order valence-corrected chi connectivity index (χ4v) is 2.20. The Bertz CT molecular complexity index is 425. The third kappa shape index (κ3) is 4.50. The maximum atomic E-state index is 5.93. The highest BCUT2D eigenvalue weighted by Gasteiger charge is 2.21. The second-order valence-corrected chi connectivity index (χ2v) is 5.98. The van der Waals surface area contributed by atoms with E-state index in [4.69, 9.17) is 4.74 Å². The summed E-state index contributed by atoms with van der Waals surface area (Å²) < 4.78 is 5.93. The van der Waals surface area contributed by atoms with Crippen molar-refractivity contribution in [2.45, 2.75) is 59.5 Å². The van der Waals surface area contributed by atoms with E-state index in [9.17, 15) is 0 Å².